The van der Waals surface area contributed by atoms with Crippen molar-refractivity contribution in [3.05, 3.63) is 76.3 Å². The summed E-state index contributed by atoms with van der Waals surface area (Å²) in [7, 11) is 0. The van der Waals surface area contributed by atoms with Gasteiger partial charge < -0.3 is 19.1 Å². The molecule has 5 heteroatoms. The number of likely N-dealkylation sites (tertiary alicyclic amines) is 1. The second kappa shape index (κ2) is 10.9. The molecule has 0 spiro atoms. The van der Waals surface area contributed by atoms with Gasteiger partial charge in [0.2, 0.25) is 0 Å². The van der Waals surface area contributed by atoms with Crippen LogP contribution in [-0.4, -0.2) is 37.2 Å². The van der Waals surface area contributed by atoms with Gasteiger partial charge in [-0.3, -0.25) is 0 Å². The standard InChI is InChI=1S/C30H34ClNO3/c1-3-22-9-11-28(27(31)17-22)33-19-24-7-6-8-26(21(24)2)23-10-12-29-30(18-23)35-25(20-34-29)13-16-32-14-4-5-15-32/h6-12,17-18,25H,3-5,13-16,19-20H2,1-2H3. The van der Waals surface area contributed by atoms with Crippen molar-refractivity contribution in [2.45, 2.75) is 52.2 Å². The van der Waals surface area contributed by atoms with Gasteiger partial charge in [-0.25, -0.2) is 0 Å². The van der Waals surface area contributed by atoms with Crippen molar-refractivity contribution in [3.8, 4) is 28.4 Å². The first kappa shape index (κ1) is 24.0. The molecule has 0 amide bonds. The number of rotatable bonds is 8. The summed E-state index contributed by atoms with van der Waals surface area (Å²) in [4.78, 5) is 2.53. The zero-order chi connectivity index (χ0) is 24.2. The Morgan fingerprint density at radius 1 is 1.03 bits per heavy atom. The van der Waals surface area contributed by atoms with Crippen molar-refractivity contribution in [3.63, 3.8) is 0 Å². The Morgan fingerprint density at radius 3 is 2.69 bits per heavy atom. The fourth-order valence-electron chi connectivity index (χ4n) is 4.95. The van der Waals surface area contributed by atoms with Crippen molar-refractivity contribution in [2.24, 2.45) is 0 Å². The van der Waals surface area contributed by atoms with Crippen molar-refractivity contribution >= 4 is 11.6 Å². The maximum absolute atomic E-state index is 6.43. The average Bonchev–Trinajstić information content (AvgIpc) is 3.41. The smallest absolute Gasteiger partial charge is 0.162 e. The Morgan fingerprint density at radius 2 is 1.89 bits per heavy atom. The van der Waals surface area contributed by atoms with Gasteiger partial charge in [-0.15, -0.1) is 0 Å². The summed E-state index contributed by atoms with van der Waals surface area (Å²) in [6.45, 7) is 8.85. The van der Waals surface area contributed by atoms with Crippen LogP contribution in [-0.2, 0) is 13.0 Å². The molecule has 0 aromatic heterocycles. The molecular formula is C30H34ClNO3. The van der Waals surface area contributed by atoms with Crippen LogP contribution in [0.25, 0.3) is 11.1 Å². The molecule has 184 valence electrons. The fraction of sp³-hybridized carbons (Fsp3) is 0.400. The molecule has 1 unspecified atom stereocenters. The van der Waals surface area contributed by atoms with Gasteiger partial charge in [0, 0.05) is 13.0 Å². The van der Waals surface area contributed by atoms with E-state index in [0.717, 1.165) is 42.0 Å². The van der Waals surface area contributed by atoms with Crippen LogP contribution in [0.4, 0.5) is 0 Å². The minimum absolute atomic E-state index is 0.100. The van der Waals surface area contributed by atoms with Crippen LogP contribution in [0, 0.1) is 6.92 Å². The lowest BCUT2D eigenvalue weighted by atomic mass is 9.96. The quantitative estimate of drug-likeness (QED) is 0.337. The largest absolute Gasteiger partial charge is 0.487 e. The lowest BCUT2D eigenvalue weighted by Crippen LogP contribution is -2.33. The minimum Gasteiger partial charge on any atom is -0.487 e. The van der Waals surface area contributed by atoms with Crippen LogP contribution in [0.1, 0.15) is 42.9 Å². The predicted molar refractivity (Wildman–Crippen MR) is 142 cm³/mol. The number of benzene rings is 3. The summed E-state index contributed by atoms with van der Waals surface area (Å²) in [5.41, 5.74) is 5.83. The van der Waals surface area contributed by atoms with Crippen molar-refractivity contribution in [1.29, 1.82) is 0 Å². The van der Waals surface area contributed by atoms with Crippen molar-refractivity contribution < 1.29 is 14.2 Å². The molecule has 1 atom stereocenters. The molecule has 2 aliphatic heterocycles. The lowest BCUT2D eigenvalue weighted by Gasteiger charge is -2.28. The minimum atomic E-state index is 0.100. The lowest BCUT2D eigenvalue weighted by molar-refractivity contribution is 0.0774. The van der Waals surface area contributed by atoms with Crippen LogP contribution >= 0.6 is 11.6 Å². The third kappa shape index (κ3) is 5.60. The van der Waals surface area contributed by atoms with Crippen LogP contribution in [0.2, 0.25) is 5.02 Å². The average molecular weight is 492 g/mol. The number of ether oxygens (including phenoxy) is 3. The first-order chi connectivity index (χ1) is 17.1. The van der Waals surface area contributed by atoms with E-state index in [9.17, 15) is 0 Å². The van der Waals surface area contributed by atoms with E-state index in [2.05, 4.69) is 55.1 Å². The summed E-state index contributed by atoms with van der Waals surface area (Å²) < 4.78 is 18.5. The topological polar surface area (TPSA) is 30.9 Å². The highest BCUT2D eigenvalue weighted by molar-refractivity contribution is 6.32. The zero-order valence-corrected chi connectivity index (χ0v) is 21.4. The highest BCUT2D eigenvalue weighted by Crippen LogP contribution is 2.38. The molecule has 1 saturated heterocycles. The van der Waals surface area contributed by atoms with Crippen LogP contribution in [0.3, 0.4) is 0 Å². The first-order valence-corrected chi connectivity index (χ1v) is 13.1. The summed E-state index contributed by atoms with van der Waals surface area (Å²) in [5.74, 6) is 2.38. The summed E-state index contributed by atoms with van der Waals surface area (Å²) in [6.07, 6.45) is 4.68. The predicted octanol–water partition coefficient (Wildman–Crippen LogP) is 7.08. The molecule has 3 aromatic carbocycles. The normalized spacial score (nSPS) is 17.5. The highest BCUT2D eigenvalue weighted by Gasteiger charge is 2.23. The Bertz CT molecular complexity index is 1170. The number of nitrogens with zero attached hydrogens (tertiary/aromatic N) is 1. The summed E-state index contributed by atoms with van der Waals surface area (Å²) >= 11 is 6.43. The van der Waals surface area contributed by atoms with Gasteiger partial charge in [0.25, 0.3) is 0 Å². The van der Waals surface area contributed by atoms with Crippen LogP contribution in [0.5, 0.6) is 17.2 Å². The van der Waals surface area contributed by atoms with E-state index >= 15 is 0 Å². The van der Waals surface area contributed by atoms with Gasteiger partial charge in [0.15, 0.2) is 11.5 Å². The molecule has 2 aliphatic rings. The fourth-order valence-corrected chi connectivity index (χ4v) is 5.21. The molecule has 1 fully saturated rings. The van der Waals surface area contributed by atoms with Gasteiger partial charge in [0.1, 0.15) is 25.1 Å². The number of aryl methyl sites for hydroxylation is 1. The second-order valence-corrected chi connectivity index (χ2v) is 9.95. The van der Waals surface area contributed by atoms with E-state index in [0.29, 0.717) is 24.0 Å². The van der Waals surface area contributed by atoms with Gasteiger partial charge in [-0.05, 0) is 91.4 Å². The maximum Gasteiger partial charge on any atom is 0.162 e. The molecule has 2 heterocycles. The van der Waals surface area contributed by atoms with Gasteiger partial charge in [-0.2, -0.15) is 0 Å². The van der Waals surface area contributed by atoms with E-state index in [-0.39, 0.29) is 6.10 Å². The Hall–Kier alpha value is -2.69. The molecular weight excluding hydrogens is 458 g/mol. The molecule has 0 radical (unpaired) electrons. The monoisotopic (exact) mass is 491 g/mol. The molecule has 5 rings (SSSR count). The third-order valence-corrected chi connectivity index (χ3v) is 7.47. The van der Waals surface area contributed by atoms with Crippen molar-refractivity contribution in [1.82, 2.24) is 4.90 Å². The highest BCUT2D eigenvalue weighted by atomic mass is 35.5. The van der Waals surface area contributed by atoms with Gasteiger partial charge in [0.05, 0.1) is 5.02 Å². The second-order valence-electron chi connectivity index (χ2n) is 9.55. The van der Waals surface area contributed by atoms with Gasteiger partial charge >= 0.3 is 0 Å². The van der Waals surface area contributed by atoms with Crippen molar-refractivity contribution in [2.75, 3.05) is 26.2 Å². The van der Waals surface area contributed by atoms with Gasteiger partial charge in [-0.1, -0.05) is 48.9 Å². The SMILES string of the molecule is CCc1ccc(OCc2cccc(-c3ccc4c(c3)OC(CCN3CCCC3)CO4)c2C)c(Cl)c1. The number of fused-ring (bicyclic) bond motifs is 1. The molecule has 35 heavy (non-hydrogen) atoms. The molecule has 0 aliphatic carbocycles. The molecule has 0 bridgehead atoms. The van der Waals surface area contributed by atoms with Crippen LogP contribution < -0.4 is 14.2 Å². The summed E-state index contributed by atoms with van der Waals surface area (Å²) in [6, 6.07) is 18.6. The Balaban J connectivity index is 1.29. The molecule has 4 nitrogen and oxygen atoms in total. The summed E-state index contributed by atoms with van der Waals surface area (Å²) in [5, 5.41) is 0.657. The maximum atomic E-state index is 6.43. The number of hydrogen-bond donors (Lipinski definition) is 0. The Kier molecular flexibility index (Phi) is 7.50. The van der Waals surface area contributed by atoms with E-state index in [1.165, 1.54) is 42.6 Å². The first-order valence-electron chi connectivity index (χ1n) is 12.8. The van der Waals surface area contributed by atoms with E-state index in [1.807, 2.05) is 18.2 Å². The van der Waals surface area contributed by atoms with E-state index < -0.39 is 0 Å². The number of halogens is 1. The van der Waals surface area contributed by atoms with Crippen LogP contribution in [0.15, 0.2) is 54.6 Å². The molecule has 0 saturated carbocycles. The van der Waals surface area contributed by atoms with E-state index in [4.69, 9.17) is 25.8 Å². The molecule has 0 N–H and O–H groups in total. The Labute approximate surface area is 213 Å². The molecule has 3 aromatic rings. The van der Waals surface area contributed by atoms with E-state index in [1.54, 1.807) is 0 Å². The zero-order valence-electron chi connectivity index (χ0n) is 20.7. The third-order valence-electron chi connectivity index (χ3n) is 7.17. The number of hydrogen-bond acceptors (Lipinski definition) is 4.